The largest absolute Gasteiger partial charge is 0.302 e. The topological polar surface area (TPSA) is 127 Å². The molecule has 152 valence electrons. The fourth-order valence-electron chi connectivity index (χ4n) is 3.87. The minimum absolute atomic E-state index is 0. The number of hydrogen-bond acceptors (Lipinski definition) is 7. The van der Waals surface area contributed by atoms with E-state index in [0.29, 0.717) is 6.54 Å². The minimum Gasteiger partial charge on any atom is -0.302 e. The number of non-ortho nitro benzene ring substituents is 2. The summed E-state index contributed by atoms with van der Waals surface area (Å²) in [6.07, 6.45) is 2.12. The van der Waals surface area contributed by atoms with Gasteiger partial charge < -0.3 is 4.90 Å². The third-order valence-electron chi connectivity index (χ3n) is 5.23. The highest BCUT2D eigenvalue weighted by molar-refractivity contribution is 6.26. The molecule has 0 aromatic heterocycles. The van der Waals surface area contributed by atoms with Crippen molar-refractivity contribution in [3.05, 3.63) is 55.6 Å². The molecule has 2 aliphatic rings. The van der Waals surface area contributed by atoms with Crippen LogP contribution in [0.1, 0.15) is 33.6 Å². The number of hydrogen-bond donors (Lipinski definition) is 0. The lowest BCUT2D eigenvalue weighted by Crippen LogP contribution is -2.44. The van der Waals surface area contributed by atoms with Crippen LogP contribution in [0.2, 0.25) is 0 Å². The molecule has 0 saturated carbocycles. The van der Waals surface area contributed by atoms with Crippen molar-refractivity contribution in [1.82, 2.24) is 9.80 Å². The van der Waals surface area contributed by atoms with Gasteiger partial charge in [-0.15, -0.1) is 12.4 Å². The van der Waals surface area contributed by atoms with Crippen molar-refractivity contribution in [3.63, 3.8) is 0 Å². The second kappa shape index (κ2) is 7.72. The Morgan fingerprint density at radius 2 is 1.31 bits per heavy atom. The summed E-state index contributed by atoms with van der Waals surface area (Å²) in [7, 11) is 0. The van der Waals surface area contributed by atoms with E-state index >= 15 is 0 Å². The van der Waals surface area contributed by atoms with E-state index in [1.807, 2.05) is 0 Å². The molecule has 1 fully saturated rings. The molecule has 10 nitrogen and oxygen atoms in total. The summed E-state index contributed by atoms with van der Waals surface area (Å²) in [5.41, 5.74) is -0.655. The molecule has 11 heteroatoms. The highest BCUT2D eigenvalue weighted by Crippen LogP contribution is 2.36. The lowest BCUT2D eigenvalue weighted by Gasteiger charge is -2.28. The van der Waals surface area contributed by atoms with Crippen molar-refractivity contribution >= 4 is 46.4 Å². The minimum atomic E-state index is -0.660. The number of benzene rings is 2. The van der Waals surface area contributed by atoms with E-state index in [4.69, 9.17) is 0 Å². The quantitative estimate of drug-likeness (QED) is 0.413. The molecule has 2 aromatic rings. The molecule has 29 heavy (non-hydrogen) atoms. The first kappa shape index (κ1) is 20.6. The molecule has 2 amide bonds. The van der Waals surface area contributed by atoms with Gasteiger partial charge in [0.05, 0.1) is 21.0 Å². The molecule has 1 saturated heterocycles. The lowest BCUT2D eigenvalue weighted by atomic mass is 9.92. The van der Waals surface area contributed by atoms with E-state index in [0.717, 1.165) is 55.1 Å². The van der Waals surface area contributed by atoms with Crippen LogP contribution in [-0.4, -0.2) is 57.6 Å². The Kier molecular flexibility index (Phi) is 5.49. The zero-order valence-electron chi connectivity index (χ0n) is 15.2. The number of likely N-dealkylation sites (tertiary alicyclic amines) is 1. The number of nitro groups is 2. The van der Waals surface area contributed by atoms with Gasteiger partial charge in [-0.2, -0.15) is 0 Å². The monoisotopic (exact) mass is 420 g/mol. The second-order valence-corrected chi connectivity index (χ2v) is 6.91. The molecule has 0 unspecified atom stereocenters. The third kappa shape index (κ3) is 3.52. The normalized spacial score (nSPS) is 16.2. The summed E-state index contributed by atoms with van der Waals surface area (Å²) in [6.45, 7) is 2.41. The summed E-state index contributed by atoms with van der Waals surface area (Å²) < 4.78 is 0. The maximum atomic E-state index is 12.9. The van der Waals surface area contributed by atoms with Gasteiger partial charge >= 0.3 is 0 Å². The van der Waals surface area contributed by atoms with Gasteiger partial charge in [-0.3, -0.25) is 34.7 Å². The number of amides is 2. The average molecular weight is 421 g/mol. The van der Waals surface area contributed by atoms with Gasteiger partial charge in [0.1, 0.15) is 0 Å². The Labute approximate surface area is 170 Å². The lowest BCUT2D eigenvalue weighted by molar-refractivity contribution is -0.385. The Morgan fingerprint density at radius 1 is 0.828 bits per heavy atom. The van der Waals surface area contributed by atoms with Crippen LogP contribution < -0.4 is 0 Å². The molecule has 2 heterocycles. The van der Waals surface area contributed by atoms with Crippen LogP contribution in [-0.2, 0) is 0 Å². The number of nitrogens with zero attached hydrogens (tertiary/aromatic N) is 4. The fraction of sp³-hybridized carbons (Fsp3) is 0.333. The Hall–Kier alpha value is -3.11. The van der Waals surface area contributed by atoms with Crippen LogP contribution in [0.3, 0.4) is 0 Å². The van der Waals surface area contributed by atoms with Crippen molar-refractivity contribution < 1.29 is 19.4 Å². The Morgan fingerprint density at radius 3 is 1.76 bits per heavy atom. The van der Waals surface area contributed by atoms with Gasteiger partial charge in [0.2, 0.25) is 0 Å². The van der Waals surface area contributed by atoms with Crippen LogP contribution in [0.25, 0.3) is 10.8 Å². The van der Waals surface area contributed by atoms with E-state index in [1.165, 1.54) is 0 Å². The number of nitro benzene ring substituents is 2. The zero-order valence-corrected chi connectivity index (χ0v) is 16.0. The first-order valence-electron chi connectivity index (χ1n) is 8.86. The molecule has 2 aromatic carbocycles. The molecule has 2 aliphatic heterocycles. The van der Waals surface area contributed by atoms with Gasteiger partial charge in [-0.1, -0.05) is 0 Å². The summed E-state index contributed by atoms with van der Waals surface area (Å²) in [5.74, 6) is -1.22. The Balaban J connectivity index is 0.00000240. The highest BCUT2D eigenvalue weighted by Gasteiger charge is 2.36. The van der Waals surface area contributed by atoms with E-state index < -0.39 is 21.7 Å². The third-order valence-corrected chi connectivity index (χ3v) is 5.23. The van der Waals surface area contributed by atoms with Crippen LogP contribution in [0, 0.1) is 20.2 Å². The molecular formula is C18H17ClN4O6. The SMILES string of the molecule is Cl.O=C1c2cc([N+](=O)[O-])cc3cc([N+](=O)[O-])cc(c23)C(=O)N1CCN1CCCC1. The van der Waals surface area contributed by atoms with E-state index in [2.05, 4.69) is 4.90 Å². The Bertz CT molecular complexity index is 982. The molecule has 0 bridgehead atoms. The first-order valence-corrected chi connectivity index (χ1v) is 8.86. The zero-order chi connectivity index (χ0) is 20.0. The summed E-state index contributed by atoms with van der Waals surface area (Å²) in [5, 5.41) is 22.9. The molecular weight excluding hydrogens is 404 g/mol. The number of halogens is 1. The fourth-order valence-corrected chi connectivity index (χ4v) is 3.87. The smallest absolute Gasteiger partial charge is 0.270 e. The maximum absolute atomic E-state index is 12.9. The maximum Gasteiger partial charge on any atom is 0.270 e. The molecule has 4 rings (SSSR count). The molecule has 0 spiro atoms. The number of imide groups is 1. The van der Waals surface area contributed by atoms with Crippen LogP contribution in [0.4, 0.5) is 11.4 Å². The van der Waals surface area contributed by atoms with Gasteiger partial charge in [-0.25, -0.2) is 0 Å². The number of rotatable bonds is 5. The first-order chi connectivity index (χ1) is 13.4. The van der Waals surface area contributed by atoms with Crippen LogP contribution in [0.5, 0.6) is 0 Å². The summed E-state index contributed by atoms with van der Waals surface area (Å²) in [4.78, 5) is 50.2. The van der Waals surface area contributed by atoms with Crippen molar-refractivity contribution in [2.75, 3.05) is 26.2 Å². The number of carbonyl (C=O) groups is 2. The average Bonchev–Trinajstić information content (AvgIpc) is 3.18. The van der Waals surface area contributed by atoms with Gasteiger partial charge in [0, 0.05) is 42.7 Å². The van der Waals surface area contributed by atoms with Crippen molar-refractivity contribution in [2.45, 2.75) is 12.8 Å². The van der Waals surface area contributed by atoms with Crippen molar-refractivity contribution in [2.24, 2.45) is 0 Å². The van der Waals surface area contributed by atoms with E-state index in [-0.39, 0.29) is 52.2 Å². The predicted octanol–water partition coefficient (Wildman–Crippen LogP) is 2.77. The van der Waals surface area contributed by atoms with Gasteiger partial charge in [0.25, 0.3) is 23.2 Å². The van der Waals surface area contributed by atoms with E-state index in [1.54, 1.807) is 0 Å². The summed E-state index contributed by atoms with van der Waals surface area (Å²) >= 11 is 0. The van der Waals surface area contributed by atoms with Gasteiger partial charge in [-0.05, 0) is 31.3 Å². The van der Waals surface area contributed by atoms with Gasteiger partial charge in [0.15, 0.2) is 0 Å². The number of carbonyl (C=O) groups excluding carboxylic acids is 2. The van der Waals surface area contributed by atoms with Crippen LogP contribution in [0.15, 0.2) is 24.3 Å². The highest BCUT2D eigenvalue weighted by atomic mass is 35.5. The van der Waals surface area contributed by atoms with E-state index in [9.17, 15) is 29.8 Å². The molecule has 0 atom stereocenters. The standard InChI is InChI=1S/C18H16N4O6.ClH/c23-17-14-9-12(21(25)26)7-11-8-13(22(27)28)10-15(16(11)14)18(24)20(17)6-5-19-3-1-2-4-19;/h7-10H,1-6H2;1H. The molecule has 0 aliphatic carbocycles. The van der Waals surface area contributed by atoms with Crippen LogP contribution >= 0.6 is 12.4 Å². The molecule has 0 radical (unpaired) electrons. The second-order valence-electron chi connectivity index (χ2n) is 6.91. The molecule has 0 N–H and O–H groups in total. The van der Waals surface area contributed by atoms with Crippen molar-refractivity contribution in [3.8, 4) is 0 Å². The van der Waals surface area contributed by atoms with Crippen molar-refractivity contribution in [1.29, 1.82) is 0 Å². The summed E-state index contributed by atoms with van der Waals surface area (Å²) in [6, 6.07) is 4.57. The predicted molar refractivity (Wildman–Crippen MR) is 106 cm³/mol.